The summed E-state index contributed by atoms with van der Waals surface area (Å²) in [5.74, 6) is -0.597. The van der Waals surface area contributed by atoms with Crippen molar-refractivity contribution in [2.75, 3.05) is 19.8 Å². The van der Waals surface area contributed by atoms with Crippen molar-refractivity contribution in [3.05, 3.63) is 12.7 Å². The molecule has 0 aromatic carbocycles. The molecule has 1 amide bonds. The van der Waals surface area contributed by atoms with E-state index in [0.29, 0.717) is 26.1 Å². The highest BCUT2D eigenvalue weighted by molar-refractivity contribution is 5.85. The average Bonchev–Trinajstić information content (AvgIpc) is 2.36. The van der Waals surface area contributed by atoms with E-state index in [1.165, 1.54) is 6.08 Å². The molecule has 96 valence electrons. The summed E-state index contributed by atoms with van der Waals surface area (Å²) in [5, 5.41) is 2.65. The fraction of sp³-hybridized carbons (Fsp3) is 0.667. The average molecular weight is 241 g/mol. The molecule has 1 fully saturated rings. The number of rotatable bonds is 5. The van der Waals surface area contributed by atoms with Crippen LogP contribution >= 0.6 is 0 Å². The Balaban J connectivity index is 2.33. The summed E-state index contributed by atoms with van der Waals surface area (Å²) in [7, 11) is 0. The topological polar surface area (TPSA) is 64.6 Å². The van der Waals surface area contributed by atoms with Gasteiger partial charge in [-0.05, 0) is 19.8 Å². The van der Waals surface area contributed by atoms with Gasteiger partial charge in [0.25, 0.3) is 0 Å². The summed E-state index contributed by atoms with van der Waals surface area (Å²) >= 11 is 0. The molecule has 0 aliphatic carbocycles. The van der Waals surface area contributed by atoms with E-state index in [0.717, 1.165) is 0 Å². The van der Waals surface area contributed by atoms with E-state index in [-0.39, 0.29) is 18.4 Å². The van der Waals surface area contributed by atoms with E-state index >= 15 is 0 Å². The third-order valence-electron chi connectivity index (χ3n) is 2.65. The highest BCUT2D eigenvalue weighted by Crippen LogP contribution is 2.14. The molecule has 5 nitrogen and oxygen atoms in total. The number of hydrogen-bond donors (Lipinski definition) is 1. The van der Waals surface area contributed by atoms with E-state index in [1.807, 2.05) is 0 Å². The van der Waals surface area contributed by atoms with Crippen LogP contribution in [0.4, 0.5) is 0 Å². The fourth-order valence-corrected chi connectivity index (χ4v) is 1.62. The van der Waals surface area contributed by atoms with Crippen LogP contribution in [0.15, 0.2) is 12.7 Å². The van der Waals surface area contributed by atoms with Crippen LogP contribution in [0.25, 0.3) is 0 Å². The molecule has 0 saturated carbocycles. The molecule has 17 heavy (non-hydrogen) atoms. The van der Waals surface area contributed by atoms with Crippen molar-refractivity contribution in [1.82, 2.24) is 5.32 Å². The number of carbonyl (C=O) groups is 2. The number of hydrogen-bond acceptors (Lipinski definition) is 4. The smallest absolute Gasteiger partial charge is 0.328 e. The zero-order valence-electron chi connectivity index (χ0n) is 10.1. The van der Waals surface area contributed by atoms with Crippen LogP contribution in [-0.4, -0.2) is 37.7 Å². The minimum atomic E-state index is -0.620. The maximum absolute atomic E-state index is 11.8. The maximum atomic E-state index is 11.8. The molecule has 1 rings (SSSR count). The monoisotopic (exact) mass is 241 g/mol. The van der Waals surface area contributed by atoms with Gasteiger partial charge in [-0.15, -0.1) is 0 Å². The SMILES string of the molecule is C=CCOC(=O)C(C)NC(=O)C1CCOCC1. The van der Waals surface area contributed by atoms with Crippen molar-refractivity contribution < 1.29 is 19.1 Å². The molecule has 1 saturated heterocycles. The molecule has 0 radical (unpaired) electrons. The third kappa shape index (κ3) is 4.56. The van der Waals surface area contributed by atoms with E-state index in [1.54, 1.807) is 6.92 Å². The minimum absolute atomic E-state index is 0.0570. The number of esters is 1. The normalized spacial score (nSPS) is 18.2. The van der Waals surface area contributed by atoms with Gasteiger partial charge in [-0.3, -0.25) is 4.79 Å². The van der Waals surface area contributed by atoms with Gasteiger partial charge in [0.05, 0.1) is 0 Å². The van der Waals surface area contributed by atoms with Crippen LogP contribution < -0.4 is 5.32 Å². The molecule has 1 atom stereocenters. The maximum Gasteiger partial charge on any atom is 0.328 e. The van der Waals surface area contributed by atoms with E-state index in [2.05, 4.69) is 11.9 Å². The second-order valence-corrected chi connectivity index (χ2v) is 4.04. The van der Waals surface area contributed by atoms with Gasteiger partial charge in [0, 0.05) is 19.1 Å². The molecular weight excluding hydrogens is 222 g/mol. The van der Waals surface area contributed by atoms with Gasteiger partial charge in [0.1, 0.15) is 12.6 Å². The van der Waals surface area contributed by atoms with Crippen molar-refractivity contribution in [2.24, 2.45) is 5.92 Å². The Morgan fingerprint density at radius 1 is 1.53 bits per heavy atom. The number of amides is 1. The van der Waals surface area contributed by atoms with E-state index in [4.69, 9.17) is 9.47 Å². The summed E-state index contributed by atoms with van der Waals surface area (Å²) in [6.45, 7) is 6.43. The van der Waals surface area contributed by atoms with Crippen molar-refractivity contribution in [3.63, 3.8) is 0 Å². The largest absolute Gasteiger partial charge is 0.460 e. The molecule has 0 aromatic rings. The lowest BCUT2D eigenvalue weighted by Gasteiger charge is -2.22. The Bertz CT molecular complexity index is 284. The lowest BCUT2D eigenvalue weighted by Crippen LogP contribution is -2.43. The quantitative estimate of drug-likeness (QED) is 0.567. The predicted molar refractivity (Wildman–Crippen MR) is 62.3 cm³/mol. The van der Waals surface area contributed by atoms with Crippen LogP contribution in [0.3, 0.4) is 0 Å². The van der Waals surface area contributed by atoms with Gasteiger partial charge in [-0.25, -0.2) is 4.79 Å². The first-order valence-electron chi connectivity index (χ1n) is 5.80. The van der Waals surface area contributed by atoms with Crippen molar-refractivity contribution in [1.29, 1.82) is 0 Å². The number of carbonyl (C=O) groups excluding carboxylic acids is 2. The molecule has 1 unspecified atom stereocenters. The zero-order chi connectivity index (χ0) is 12.7. The number of nitrogens with one attached hydrogen (secondary N) is 1. The van der Waals surface area contributed by atoms with Crippen molar-refractivity contribution >= 4 is 11.9 Å². The highest BCUT2D eigenvalue weighted by Gasteiger charge is 2.25. The summed E-state index contributed by atoms with van der Waals surface area (Å²) in [6, 6.07) is -0.620. The molecular formula is C12H19NO4. The van der Waals surface area contributed by atoms with Gasteiger partial charge in [-0.2, -0.15) is 0 Å². The molecule has 1 aliphatic heterocycles. The van der Waals surface area contributed by atoms with Crippen LogP contribution in [0.5, 0.6) is 0 Å². The van der Waals surface area contributed by atoms with Gasteiger partial charge in [0.15, 0.2) is 0 Å². The van der Waals surface area contributed by atoms with E-state index < -0.39 is 12.0 Å². The van der Waals surface area contributed by atoms with Gasteiger partial charge >= 0.3 is 5.97 Å². The first kappa shape index (κ1) is 13.7. The first-order valence-corrected chi connectivity index (χ1v) is 5.80. The second kappa shape index (κ2) is 7.06. The molecule has 0 aromatic heterocycles. The second-order valence-electron chi connectivity index (χ2n) is 4.04. The molecule has 1 N–H and O–H groups in total. The molecule has 1 heterocycles. The van der Waals surface area contributed by atoms with Gasteiger partial charge in [-0.1, -0.05) is 12.7 Å². The Morgan fingerprint density at radius 3 is 2.76 bits per heavy atom. The molecule has 0 spiro atoms. The molecule has 1 aliphatic rings. The molecule has 5 heteroatoms. The van der Waals surface area contributed by atoms with Gasteiger partial charge < -0.3 is 14.8 Å². The standard InChI is InChI=1S/C12H19NO4/c1-3-6-17-12(15)9(2)13-11(14)10-4-7-16-8-5-10/h3,9-10H,1,4-8H2,2H3,(H,13,14). The Labute approximate surface area is 101 Å². The Morgan fingerprint density at radius 2 is 2.18 bits per heavy atom. The Hall–Kier alpha value is -1.36. The predicted octanol–water partition coefficient (Wildman–Crippen LogP) is 0.647. The third-order valence-corrected chi connectivity index (χ3v) is 2.65. The molecule has 0 bridgehead atoms. The number of ether oxygens (including phenoxy) is 2. The van der Waals surface area contributed by atoms with Crippen molar-refractivity contribution in [3.8, 4) is 0 Å². The van der Waals surface area contributed by atoms with Gasteiger partial charge in [0.2, 0.25) is 5.91 Å². The summed E-state index contributed by atoms with van der Waals surface area (Å²) in [6.07, 6.45) is 2.91. The lowest BCUT2D eigenvalue weighted by molar-refractivity contribution is -0.147. The summed E-state index contributed by atoms with van der Waals surface area (Å²) < 4.78 is 10.0. The van der Waals surface area contributed by atoms with Crippen LogP contribution in [-0.2, 0) is 19.1 Å². The lowest BCUT2D eigenvalue weighted by atomic mass is 9.99. The fourth-order valence-electron chi connectivity index (χ4n) is 1.62. The van der Waals surface area contributed by atoms with Crippen LogP contribution in [0.1, 0.15) is 19.8 Å². The summed E-state index contributed by atoms with van der Waals surface area (Å²) in [5.41, 5.74) is 0. The highest BCUT2D eigenvalue weighted by atomic mass is 16.5. The summed E-state index contributed by atoms with van der Waals surface area (Å²) in [4.78, 5) is 23.2. The zero-order valence-corrected chi connectivity index (χ0v) is 10.1. The van der Waals surface area contributed by atoms with Crippen LogP contribution in [0, 0.1) is 5.92 Å². The van der Waals surface area contributed by atoms with E-state index in [9.17, 15) is 9.59 Å². The van der Waals surface area contributed by atoms with Crippen LogP contribution in [0.2, 0.25) is 0 Å². The van der Waals surface area contributed by atoms with Crippen molar-refractivity contribution in [2.45, 2.75) is 25.8 Å². The Kier molecular flexibility index (Phi) is 5.69. The minimum Gasteiger partial charge on any atom is -0.460 e. The first-order chi connectivity index (χ1) is 8.15.